The quantitative estimate of drug-likeness (QED) is 0.671. The van der Waals surface area contributed by atoms with Gasteiger partial charge in [0.2, 0.25) is 10.0 Å². The van der Waals surface area contributed by atoms with Gasteiger partial charge >= 0.3 is 0 Å². The van der Waals surface area contributed by atoms with Crippen molar-refractivity contribution >= 4 is 10.0 Å². The lowest BCUT2D eigenvalue weighted by Gasteiger charge is -2.35. The molecule has 1 aromatic rings. The van der Waals surface area contributed by atoms with Crippen LogP contribution in [0.5, 0.6) is 0 Å². The molecule has 0 unspecified atom stereocenters. The average molecular weight is 328 g/mol. The zero-order valence-electron chi connectivity index (χ0n) is 12.5. The maximum atomic E-state index is 12.3. The normalized spacial score (nSPS) is 26.0. The first-order chi connectivity index (χ1) is 10.5. The van der Waals surface area contributed by atoms with Gasteiger partial charge in [-0.2, -0.15) is 0 Å². The van der Waals surface area contributed by atoms with Gasteiger partial charge in [-0.1, -0.05) is 30.3 Å². The summed E-state index contributed by atoms with van der Waals surface area (Å²) >= 11 is 0. The first kappa shape index (κ1) is 17.4. The zero-order valence-corrected chi connectivity index (χ0v) is 13.3. The maximum Gasteiger partial charge on any atom is 0.216 e. The Hall–Kier alpha value is -0.990. The molecule has 0 radical (unpaired) electrons. The van der Waals surface area contributed by atoms with Crippen molar-refractivity contribution in [3.8, 4) is 0 Å². The molecule has 7 heteroatoms. The highest BCUT2D eigenvalue weighted by molar-refractivity contribution is 7.88. The van der Waals surface area contributed by atoms with E-state index in [4.69, 9.17) is 10.5 Å². The first-order valence-corrected chi connectivity index (χ1v) is 9.19. The molecule has 1 aliphatic heterocycles. The fraction of sp³-hybridized carbons (Fsp3) is 0.600. The minimum Gasteiger partial charge on any atom is -0.394 e. The van der Waals surface area contributed by atoms with E-state index in [9.17, 15) is 13.5 Å². The molecule has 1 fully saturated rings. The number of hydrogen-bond acceptors (Lipinski definition) is 5. The van der Waals surface area contributed by atoms with Crippen LogP contribution in [-0.2, 0) is 20.5 Å². The Morgan fingerprint density at radius 3 is 2.64 bits per heavy atom. The first-order valence-electron chi connectivity index (χ1n) is 7.54. The second-order valence-electron chi connectivity index (χ2n) is 5.60. The Bertz CT molecular complexity index is 550. The van der Waals surface area contributed by atoms with Gasteiger partial charge < -0.3 is 15.6 Å². The highest BCUT2D eigenvalue weighted by Gasteiger charge is 2.33. The van der Waals surface area contributed by atoms with E-state index in [0.717, 1.165) is 18.4 Å². The van der Waals surface area contributed by atoms with Crippen LogP contribution in [0.4, 0.5) is 0 Å². The van der Waals surface area contributed by atoms with Gasteiger partial charge in [-0.05, 0) is 31.4 Å². The van der Waals surface area contributed by atoms with Gasteiger partial charge in [0.1, 0.15) is 0 Å². The standard InChI is InChI=1S/C15H24N2O4S/c16-9-8-13-6-7-14(15(10-18)21-13)17-22(19,20)11-12-4-2-1-3-5-12/h1-5,13-15,17-18H,6-11,16H2/t13-,14-,15+/m0/s1. The Morgan fingerprint density at radius 1 is 1.27 bits per heavy atom. The SMILES string of the molecule is NCC[C@@H]1CC[C@H](NS(=O)(=O)Cc2ccccc2)[C@@H](CO)O1. The van der Waals surface area contributed by atoms with Crippen molar-refractivity contribution in [2.45, 2.75) is 43.3 Å². The molecule has 0 aliphatic carbocycles. The van der Waals surface area contributed by atoms with Crippen LogP contribution < -0.4 is 10.5 Å². The molecule has 1 saturated heterocycles. The van der Waals surface area contributed by atoms with Crippen molar-refractivity contribution in [1.82, 2.24) is 4.72 Å². The molecule has 1 aliphatic rings. The van der Waals surface area contributed by atoms with Gasteiger partial charge in [-0.15, -0.1) is 0 Å². The maximum absolute atomic E-state index is 12.3. The lowest BCUT2D eigenvalue weighted by atomic mass is 9.98. The second-order valence-corrected chi connectivity index (χ2v) is 7.36. The van der Waals surface area contributed by atoms with Gasteiger partial charge in [0.25, 0.3) is 0 Å². The summed E-state index contributed by atoms with van der Waals surface area (Å²) in [7, 11) is -3.47. The molecule has 6 nitrogen and oxygen atoms in total. The van der Waals surface area contributed by atoms with Crippen LogP contribution in [0.3, 0.4) is 0 Å². The third kappa shape index (κ3) is 5.03. The van der Waals surface area contributed by atoms with E-state index >= 15 is 0 Å². The van der Waals surface area contributed by atoms with E-state index in [0.29, 0.717) is 13.0 Å². The number of nitrogens with two attached hydrogens (primary N) is 1. The lowest BCUT2D eigenvalue weighted by molar-refractivity contribution is -0.0867. The number of benzene rings is 1. The van der Waals surface area contributed by atoms with Crippen molar-refractivity contribution in [2.24, 2.45) is 5.73 Å². The highest BCUT2D eigenvalue weighted by Crippen LogP contribution is 2.22. The molecule has 4 N–H and O–H groups in total. The molecule has 1 aromatic carbocycles. The smallest absolute Gasteiger partial charge is 0.216 e. The van der Waals surface area contributed by atoms with Crippen LogP contribution in [0.2, 0.25) is 0 Å². The van der Waals surface area contributed by atoms with E-state index in [2.05, 4.69) is 4.72 Å². The van der Waals surface area contributed by atoms with E-state index in [1.165, 1.54) is 0 Å². The van der Waals surface area contributed by atoms with E-state index < -0.39 is 22.2 Å². The summed E-state index contributed by atoms with van der Waals surface area (Å²) in [5.74, 6) is -0.0747. The molecule has 0 amide bonds. The van der Waals surface area contributed by atoms with Gasteiger partial charge in [0.15, 0.2) is 0 Å². The summed E-state index contributed by atoms with van der Waals surface area (Å²) in [5, 5.41) is 9.44. The van der Waals surface area contributed by atoms with Crippen LogP contribution in [0.25, 0.3) is 0 Å². The summed E-state index contributed by atoms with van der Waals surface area (Å²) in [6, 6.07) is 8.62. The topological polar surface area (TPSA) is 102 Å². The largest absolute Gasteiger partial charge is 0.394 e. The predicted octanol–water partition coefficient (Wildman–Crippen LogP) is 0.363. The Morgan fingerprint density at radius 2 is 2.00 bits per heavy atom. The third-order valence-electron chi connectivity index (χ3n) is 3.81. The molecule has 2 rings (SSSR count). The number of sulfonamides is 1. The average Bonchev–Trinajstić information content (AvgIpc) is 2.49. The molecular weight excluding hydrogens is 304 g/mol. The van der Waals surface area contributed by atoms with Crippen LogP contribution in [0, 0.1) is 0 Å². The molecule has 0 spiro atoms. The van der Waals surface area contributed by atoms with Crippen LogP contribution in [0.1, 0.15) is 24.8 Å². The van der Waals surface area contributed by atoms with E-state index in [-0.39, 0.29) is 18.5 Å². The van der Waals surface area contributed by atoms with Crippen molar-refractivity contribution in [1.29, 1.82) is 0 Å². The summed E-state index contributed by atoms with van der Waals surface area (Å²) < 4.78 is 32.9. The second kappa shape index (κ2) is 8.03. The van der Waals surface area contributed by atoms with Gasteiger partial charge in [-0.25, -0.2) is 13.1 Å². The lowest BCUT2D eigenvalue weighted by Crippen LogP contribution is -2.51. The minimum absolute atomic E-state index is 0.00275. The molecular formula is C15H24N2O4S. The van der Waals surface area contributed by atoms with Crippen molar-refractivity contribution in [2.75, 3.05) is 13.2 Å². The fourth-order valence-electron chi connectivity index (χ4n) is 2.73. The van der Waals surface area contributed by atoms with Gasteiger partial charge in [0.05, 0.1) is 30.6 Å². The third-order valence-corrected chi connectivity index (χ3v) is 5.19. The number of aliphatic hydroxyl groups is 1. The molecule has 0 bridgehead atoms. The predicted molar refractivity (Wildman–Crippen MR) is 84.6 cm³/mol. The van der Waals surface area contributed by atoms with E-state index in [1.807, 2.05) is 18.2 Å². The van der Waals surface area contributed by atoms with Gasteiger partial charge in [0, 0.05) is 0 Å². The molecule has 3 atom stereocenters. The van der Waals surface area contributed by atoms with Crippen molar-refractivity contribution in [3.63, 3.8) is 0 Å². The number of nitrogens with one attached hydrogen (secondary N) is 1. The van der Waals surface area contributed by atoms with E-state index in [1.54, 1.807) is 12.1 Å². The molecule has 22 heavy (non-hydrogen) atoms. The monoisotopic (exact) mass is 328 g/mol. The van der Waals surface area contributed by atoms with Crippen LogP contribution >= 0.6 is 0 Å². The number of hydrogen-bond donors (Lipinski definition) is 3. The molecule has 0 saturated carbocycles. The number of rotatable bonds is 7. The van der Waals surface area contributed by atoms with Crippen LogP contribution in [-0.4, -0.2) is 44.9 Å². The minimum atomic E-state index is -3.47. The summed E-state index contributed by atoms with van der Waals surface area (Å²) in [5.41, 5.74) is 6.24. The van der Waals surface area contributed by atoms with Gasteiger partial charge in [-0.3, -0.25) is 0 Å². The van der Waals surface area contributed by atoms with Crippen molar-refractivity contribution in [3.05, 3.63) is 35.9 Å². The Balaban J connectivity index is 1.96. The number of ether oxygens (including phenoxy) is 1. The molecule has 124 valence electrons. The summed E-state index contributed by atoms with van der Waals surface area (Å²) in [6.07, 6.45) is 1.59. The molecule has 0 aromatic heterocycles. The fourth-order valence-corrected chi connectivity index (χ4v) is 4.18. The summed E-state index contributed by atoms with van der Waals surface area (Å²) in [4.78, 5) is 0. The Kier molecular flexibility index (Phi) is 6.34. The van der Waals surface area contributed by atoms with Crippen molar-refractivity contribution < 1.29 is 18.3 Å². The molecule has 1 heterocycles. The Labute approximate surface area is 131 Å². The number of aliphatic hydroxyl groups excluding tert-OH is 1. The highest BCUT2D eigenvalue weighted by atomic mass is 32.2. The zero-order chi connectivity index (χ0) is 16.0. The van der Waals surface area contributed by atoms with Crippen LogP contribution in [0.15, 0.2) is 30.3 Å². The summed E-state index contributed by atoms with van der Waals surface area (Å²) in [6.45, 7) is 0.312.